The molecule has 1 atom stereocenters. The molecule has 2 aromatic rings. The van der Waals surface area contributed by atoms with Crippen molar-refractivity contribution < 1.29 is 9.59 Å². The number of rotatable bonds is 9. The number of carbonyl (C=O) groups excluding carboxylic acids is 2. The second-order valence-corrected chi connectivity index (χ2v) is 11.2. The van der Waals surface area contributed by atoms with E-state index in [2.05, 4.69) is 5.32 Å². The van der Waals surface area contributed by atoms with Crippen molar-refractivity contribution in [1.29, 1.82) is 0 Å². The molecule has 0 saturated heterocycles. The van der Waals surface area contributed by atoms with Crippen molar-refractivity contribution in [1.82, 2.24) is 10.2 Å². The van der Waals surface area contributed by atoms with Gasteiger partial charge in [0.15, 0.2) is 0 Å². The van der Waals surface area contributed by atoms with Crippen LogP contribution in [0.4, 0.5) is 0 Å². The van der Waals surface area contributed by atoms with Gasteiger partial charge in [-0.05, 0) is 57.0 Å². The third-order valence-electron chi connectivity index (χ3n) is 4.81. The van der Waals surface area contributed by atoms with Crippen LogP contribution in [0.5, 0.6) is 0 Å². The Hall–Kier alpha value is -1.11. The van der Waals surface area contributed by atoms with Gasteiger partial charge in [-0.15, -0.1) is 11.8 Å². The number of amides is 2. The maximum Gasteiger partial charge on any atom is 0.243 e. The van der Waals surface area contributed by atoms with Gasteiger partial charge in [0.2, 0.25) is 11.8 Å². The first-order chi connectivity index (χ1) is 15.4. The van der Waals surface area contributed by atoms with E-state index in [-0.39, 0.29) is 24.1 Å². The first-order valence-corrected chi connectivity index (χ1v) is 13.2. The molecule has 1 N–H and O–H groups in total. The van der Waals surface area contributed by atoms with E-state index in [1.54, 1.807) is 41.3 Å². The van der Waals surface area contributed by atoms with Gasteiger partial charge in [0.25, 0.3) is 0 Å². The zero-order chi connectivity index (χ0) is 24.8. The third-order valence-corrected chi connectivity index (χ3v) is 7.17. The van der Waals surface area contributed by atoms with Crippen LogP contribution in [0, 0.1) is 0 Å². The van der Waals surface area contributed by atoms with Crippen LogP contribution in [0.25, 0.3) is 0 Å². The lowest BCUT2D eigenvalue weighted by molar-refractivity contribution is -0.140. The van der Waals surface area contributed by atoms with Gasteiger partial charge >= 0.3 is 0 Å². The highest BCUT2D eigenvalue weighted by Crippen LogP contribution is 2.30. The average molecular weight is 550 g/mol. The summed E-state index contributed by atoms with van der Waals surface area (Å²) in [6.45, 7) is 7.70. The number of carbonyl (C=O) groups is 2. The molecule has 180 valence electrons. The van der Waals surface area contributed by atoms with E-state index in [0.29, 0.717) is 37.8 Å². The zero-order valence-corrected chi connectivity index (χ0v) is 22.9. The summed E-state index contributed by atoms with van der Waals surface area (Å²) in [5.41, 5.74) is 0.948. The molecular weight excluding hydrogens is 522 g/mol. The van der Waals surface area contributed by atoms with Crippen LogP contribution >= 0.6 is 58.2 Å². The van der Waals surface area contributed by atoms with Crippen LogP contribution in [-0.2, 0) is 21.9 Å². The van der Waals surface area contributed by atoms with E-state index >= 15 is 0 Å². The van der Waals surface area contributed by atoms with Crippen molar-refractivity contribution in [2.24, 2.45) is 0 Å². The molecule has 33 heavy (non-hydrogen) atoms. The Bertz CT molecular complexity index is 954. The number of halogens is 4. The van der Waals surface area contributed by atoms with Crippen LogP contribution in [0.1, 0.15) is 45.2 Å². The fraction of sp³-hybridized carbons (Fsp3) is 0.417. The zero-order valence-electron chi connectivity index (χ0n) is 19.1. The molecule has 0 aliphatic heterocycles. The number of nitrogens with zero attached hydrogens (tertiary/aromatic N) is 1. The molecule has 4 nitrogen and oxygen atoms in total. The summed E-state index contributed by atoms with van der Waals surface area (Å²) in [6.07, 6.45) is 0.441. The minimum absolute atomic E-state index is 0.126. The summed E-state index contributed by atoms with van der Waals surface area (Å²) in [5.74, 6) is 0.189. The number of nitrogens with one attached hydrogen (secondary N) is 1. The lowest BCUT2D eigenvalue weighted by Crippen LogP contribution is -2.53. The first-order valence-electron chi connectivity index (χ1n) is 10.5. The smallest absolute Gasteiger partial charge is 0.243 e. The van der Waals surface area contributed by atoms with Crippen LogP contribution in [-0.4, -0.2) is 34.0 Å². The highest BCUT2D eigenvalue weighted by atomic mass is 35.5. The van der Waals surface area contributed by atoms with Crippen molar-refractivity contribution in [3.63, 3.8) is 0 Å². The average Bonchev–Trinajstić information content (AvgIpc) is 2.70. The number of hydrogen-bond donors (Lipinski definition) is 1. The quantitative estimate of drug-likeness (QED) is 0.358. The first kappa shape index (κ1) is 28.1. The lowest BCUT2D eigenvalue weighted by atomic mass is 10.1. The Balaban J connectivity index is 2.26. The van der Waals surface area contributed by atoms with Gasteiger partial charge < -0.3 is 10.2 Å². The molecule has 0 aliphatic carbocycles. The third kappa shape index (κ3) is 8.25. The summed E-state index contributed by atoms with van der Waals surface area (Å²) in [5, 5.41) is 4.98. The van der Waals surface area contributed by atoms with Crippen LogP contribution in [0.2, 0.25) is 20.1 Å². The molecule has 0 radical (unpaired) electrons. The lowest BCUT2D eigenvalue weighted by Gasteiger charge is -2.33. The molecule has 0 saturated carbocycles. The van der Waals surface area contributed by atoms with E-state index in [1.807, 2.05) is 27.7 Å². The van der Waals surface area contributed by atoms with Gasteiger partial charge in [-0.1, -0.05) is 65.5 Å². The normalized spacial score (nSPS) is 12.4. The van der Waals surface area contributed by atoms with Crippen molar-refractivity contribution in [3.8, 4) is 0 Å². The second kappa shape index (κ2) is 12.6. The Morgan fingerprint density at radius 1 is 0.939 bits per heavy atom. The Morgan fingerprint density at radius 2 is 1.42 bits per heavy atom. The van der Waals surface area contributed by atoms with E-state index in [9.17, 15) is 9.59 Å². The van der Waals surface area contributed by atoms with Gasteiger partial charge in [-0.3, -0.25) is 9.59 Å². The molecule has 2 amide bonds. The number of hydrogen-bond acceptors (Lipinski definition) is 3. The molecule has 9 heteroatoms. The molecule has 0 fully saturated rings. The maximum absolute atomic E-state index is 13.4. The standard InChI is InChI=1S/C24H28Cl4N2O2S/c1-5-21(23(32)29-24(2,3)4)30(12-15-17(25)8-6-9-18(15)26)22(31)14-33-13-16-19(27)10-7-11-20(16)28/h6-11,21H,5,12-14H2,1-4H3,(H,29,32)/t21-/m0/s1. The van der Waals surface area contributed by atoms with Crippen molar-refractivity contribution >= 4 is 70.0 Å². The summed E-state index contributed by atoms with van der Waals surface area (Å²) in [6, 6.07) is 9.81. The van der Waals surface area contributed by atoms with Crippen LogP contribution < -0.4 is 5.32 Å². The molecule has 0 heterocycles. The highest BCUT2D eigenvalue weighted by molar-refractivity contribution is 7.99. The fourth-order valence-corrected chi connectivity index (χ4v) is 5.38. The second-order valence-electron chi connectivity index (χ2n) is 8.58. The molecule has 0 bridgehead atoms. The van der Waals surface area contributed by atoms with Gasteiger partial charge in [0.05, 0.1) is 5.75 Å². The molecule has 0 spiro atoms. The Labute approximate surface area is 220 Å². The molecule has 2 rings (SSSR count). The largest absolute Gasteiger partial charge is 0.350 e. The van der Waals surface area contributed by atoms with Crippen LogP contribution in [0.3, 0.4) is 0 Å². The molecule has 2 aromatic carbocycles. The van der Waals surface area contributed by atoms with Crippen molar-refractivity contribution in [2.75, 3.05) is 5.75 Å². The molecular formula is C24H28Cl4N2O2S. The Morgan fingerprint density at radius 3 is 1.88 bits per heavy atom. The van der Waals surface area contributed by atoms with Gasteiger partial charge in [-0.25, -0.2) is 0 Å². The SMILES string of the molecule is CC[C@@H](C(=O)NC(C)(C)C)N(Cc1c(Cl)cccc1Cl)C(=O)CSCc1c(Cl)cccc1Cl. The summed E-state index contributed by atoms with van der Waals surface area (Å²) < 4.78 is 0. The summed E-state index contributed by atoms with van der Waals surface area (Å²) >= 11 is 26.6. The topological polar surface area (TPSA) is 49.4 Å². The minimum atomic E-state index is -0.673. The number of thioether (sulfide) groups is 1. The summed E-state index contributed by atoms with van der Waals surface area (Å²) in [7, 11) is 0. The van der Waals surface area contributed by atoms with Gasteiger partial charge in [0.1, 0.15) is 6.04 Å². The van der Waals surface area contributed by atoms with E-state index < -0.39 is 11.6 Å². The van der Waals surface area contributed by atoms with E-state index in [1.165, 1.54) is 11.8 Å². The van der Waals surface area contributed by atoms with Crippen molar-refractivity contribution in [2.45, 2.75) is 58.0 Å². The minimum Gasteiger partial charge on any atom is -0.350 e. The van der Waals surface area contributed by atoms with Gasteiger partial charge in [0, 0.05) is 43.5 Å². The predicted molar refractivity (Wildman–Crippen MR) is 142 cm³/mol. The summed E-state index contributed by atoms with van der Waals surface area (Å²) in [4.78, 5) is 28.0. The molecule has 0 unspecified atom stereocenters. The predicted octanol–water partition coefficient (Wildman–Crippen LogP) is 7.26. The van der Waals surface area contributed by atoms with Crippen LogP contribution in [0.15, 0.2) is 36.4 Å². The monoisotopic (exact) mass is 548 g/mol. The molecule has 0 aromatic heterocycles. The molecule has 0 aliphatic rings. The highest BCUT2D eigenvalue weighted by Gasteiger charge is 2.31. The fourth-order valence-electron chi connectivity index (χ4n) is 3.22. The number of benzene rings is 2. The van der Waals surface area contributed by atoms with E-state index in [0.717, 1.165) is 5.56 Å². The van der Waals surface area contributed by atoms with E-state index in [4.69, 9.17) is 46.4 Å². The van der Waals surface area contributed by atoms with Gasteiger partial charge in [-0.2, -0.15) is 0 Å². The Kier molecular flexibility index (Phi) is 10.7. The maximum atomic E-state index is 13.4. The van der Waals surface area contributed by atoms with Crippen molar-refractivity contribution in [3.05, 3.63) is 67.6 Å².